The van der Waals surface area contributed by atoms with Gasteiger partial charge in [0.25, 0.3) is 5.56 Å². The maximum atomic E-state index is 13.0. The summed E-state index contributed by atoms with van der Waals surface area (Å²) in [6.45, 7) is 7.53. The standard InChI is InChI=1S/C18H24N6O3/c1-6-12-9-13(7-2)24(20-12)17-19-15-14(22(17)8-3)16(26)23(10-11(4)25)18(27)21(15)5/h9H,6-8,10H2,1-5H3. The molecule has 0 saturated heterocycles. The highest BCUT2D eigenvalue weighted by molar-refractivity contribution is 5.76. The molecular formula is C18H24N6O3. The quantitative estimate of drug-likeness (QED) is 0.638. The Labute approximate surface area is 155 Å². The zero-order valence-corrected chi connectivity index (χ0v) is 16.3. The maximum absolute atomic E-state index is 13.0. The van der Waals surface area contributed by atoms with Crippen LogP contribution in [0.1, 0.15) is 39.1 Å². The third kappa shape index (κ3) is 2.92. The molecule has 3 aromatic heterocycles. The molecule has 0 amide bonds. The van der Waals surface area contributed by atoms with Crippen LogP contribution in [0, 0.1) is 0 Å². The molecule has 3 heterocycles. The molecule has 144 valence electrons. The van der Waals surface area contributed by atoms with Crippen molar-refractivity contribution in [1.29, 1.82) is 0 Å². The molecule has 0 N–H and O–H groups in total. The van der Waals surface area contributed by atoms with Gasteiger partial charge in [-0.3, -0.25) is 18.7 Å². The summed E-state index contributed by atoms with van der Waals surface area (Å²) in [6, 6.07) is 2.02. The Kier molecular flexibility index (Phi) is 4.86. The minimum atomic E-state index is -0.555. The van der Waals surface area contributed by atoms with E-state index in [1.54, 1.807) is 16.3 Å². The number of carbonyl (C=O) groups is 1. The van der Waals surface area contributed by atoms with E-state index in [1.807, 2.05) is 26.8 Å². The monoisotopic (exact) mass is 372 g/mol. The van der Waals surface area contributed by atoms with Crippen LogP contribution >= 0.6 is 0 Å². The SMILES string of the molecule is CCc1cc(CC)n(-c2nc3c(c(=O)n(CC(C)=O)c(=O)n3C)n2CC)n1. The number of fused-ring (bicyclic) bond motifs is 1. The summed E-state index contributed by atoms with van der Waals surface area (Å²) in [5, 5.41) is 4.61. The van der Waals surface area contributed by atoms with Gasteiger partial charge in [0.15, 0.2) is 11.2 Å². The first kappa shape index (κ1) is 18.8. The maximum Gasteiger partial charge on any atom is 0.332 e. The van der Waals surface area contributed by atoms with Crippen LogP contribution in [0.5, 0.6) is 0 Å². The number of ketones is 1. The molecule has 0 aliphatic heterocycles. The molecule has 0 saturated carbocycles. The van der Waals surface area contributed by atoms with Gasteiger partial charge < -0.3 is 4.57 Å². The first-order valence-electron chi connectivity index (χ1n) is 9.11. The summed E-state index contributed by atoms with van der Waals surface area (Å²) < 4.78 is 5.76. The van der Waals surface area contributed by atoms with E-state index in [1.165, 1.54) is 11.5 Å². The highest BCUT2D eigenvalue weighted by atomic mass is 16.2. The zero-order chi connectivity index (χ0) is 19.9. The molecule has 9 nitrogen and oxygen atoms in total. The predicted molar refractivity (Wildman–Crippen MR) is 101 cm³/mol. The van der Waals surface area contributed by atoms with Crippen LogP contribution in [-0.4, -0.2) is 34.2 Å². The fourth-order valence-electron chi connectivity index (χ4n) is 3.26. The van der Waals surface area contributed by atoms with Crippen molar-refractivity contribution in [2.45, 2.75) is 53.6 Å². The fraction of sp³-hybridized carbons (Fsp3) is 0.500. The van der Waals surface area contributed by atoms with Crippen LogP contribution in [0.3, 0.4) is 0 Å². The number of carbonyl (C=O) groups excluding carboxylic acids is 1. The first-order valence-corrected chi connectivity index (χ1v) is 9.11. The van der Waals surface area contributed by atoms with Gasteiger partial charge in [0.1, 0.15) is 5.78 Å². The van der Waals surface area contributed by atoms with E-state index in [0.29, 0.717) is 18.0 Å². The van der Waals surface area contributed by atoms with Crippen molar-refractivity contribution in [3.8, 4) is 5.95 Å². The summed E-state index contributed by atoms with van der Waals surface area (Å²) in [7, 11) is 1.55. The van der Waals surface area contributed by atoms with E-state index in [9.17, 15) is 14.4 Å². The molecule has 0 atom stereocenters. The molecule has 0 aliphatic rings. The van der Waals surface area contributed by atoms with E-state index in [2.05, 4.69) is 10.1 Å². The van der Waals surface area contributed by atoms with Crippen LogP contribution in [-0.2, 0) is 37.8 Å². The van der Waals surface area contributed by atoms with Crippen molar-refractivity contribution in [1.82, 2.24) is 28.5 Å². The molecule has 0 aromatic carbocycles. The third-order valence-corrected chi connectivity index (χ3v) is 4.66. The summed E-state index contributed by atoms with van der Waals surface area (Å²) in [5.74, 6) is 0.237. The molecular weight excluding hydrogens is 348 g/mol. The van der Waals surface area contributed by atoms with E-state index in [-0.39, 0.29) is 18.0 Å². The van der Waals surface area contributed by atoms with Crippen molar-refractivity contribution >= 4 is 16.9 Å². The van der Waals surface area contributed by atoms with Gasteiger partial charge in [-0.15, -0.1) is 0 Å². The highest BCUT2D eigenvalue weighted by Gasteiger charge is 2.22. The highest BCUT2D eigenvalue weighted by Crippen LogP contribution is 2.18. The zero-order valence-electron chi connectivity index (χ0n) is 16.3. The summed E-state index contributed by atoms with van der Waals surface area (Å²) in [5.41, 5.74) is 1.43. The number of hydrogen-bond donors (Lipinski definition) is 0. The van der Waals surface area contributed by atoms with Gasteiger partial charge in [-0.2, -0.15) is 10.1 Å². The number of aryl methyl sites for hydroxylation is 4. The lowest BCUT2D eigenvalue weighted by Crippen LogP contribution is -2.41. The minimum absolute atomic E-state index is 0.256. The van der Waals surface area contributed by atoms with E-state index in [4.69, 9.17) is 0 Å². The molecule has 0 bridgehead atoms. The van der Waals surface area contributed by atoms with Crippen LogP contribution in [0.2, 0.25) is 0 Å². The number of rotatable bonds is 6. The Balaban J connectivity index is 2.41. The molecule has 0 radical (unpaired) electrons. The average molecular weight is 372 g/mol. The molecule has 0 spiro atoms. The predicted octanol–water partition coefficient (Wildman–Crippen LogP) is 0.816. The Morgan fingerprint density at radius 3 is 2.37 bits per heavy atom. The normalized spacial score (nSPS) is 11.4. The smallest absolute Gasteiger partial charge is 0.303 e. The lowest BCUT2D eigenvalue weighted by atomic mass is 10.3. The molecule has 9 heteroatoms. The van der Waals surface area contributed by atoms with Gasteiger partial charge in [0.05, 0.1) is 12.2 Å². The Hall–Kier alpha value is -2.97. The Bertz CT molecular complexity index is 1140. The second-order valence-electron chi connectivity index (χ2n) is 6.51. The summed E-state index contributed by atoms with van der Waals surface area (Å²) >= 11 is 0. The number of aromatic nitrogens is 6. The topological polar surface area (TPSA) is 96.7 Å². The Morgan fingerprint density at radius 2 is 1.81 bits per heavy atom. The van der Waals surface area contributed by atoms with Crippen LogP contribution in [0.4, 0.5) is 0 Å². The van der Waals surface area contributed by atoms with Crippen LogP contribution in [0.25, 0.3) is 17.1 Å². The molecule has 3 aromatic rings. The largest absolute Gasteiger partial charge is 0.332 e. The number of hydrogen-bond acceptors (Lipinski definition) is 5. The fourth-order valence-corrected chi connectivity index (χ4v) is 3.26. The van der Waals surface area contributed by atoms with E-state index in [0.717, 1.165) is 28.8 Å². The lowest BCUT2D eigenvalue weighted by molar-refractivity contribution is -0.117. The van der Waals surface area contributed by atoms with E-state index < -0.39 is 11.2 Å². The minimum Gasteiger partial charge on any atom is -0.303 e. The first-order chi connectivity index (χ1) is 12.8. The molecule has 27 heavy (non-hydrogen) atoms. The third-order valence-electron chi connectivity index (χ3n) is 4.66. The van der Waals surface area contributed by atoms with Gasteiger partial charge in [0.2, 0.25) is 5.95 Å². The van der Waals surface area contributed by atoms with Crippen molar-refractivity contribution in [3.63, 3.8) is 0 Å². The second-order valence-corrected chi connectivity index (χ2v) is 6.51. The Morgan fingerprint density at radius 1 is 1.11 bits per heavy atom. The average Bonchev–Trinajstić information content (AvgIpc) is 3.23. The van der Waals surface area contributed by atoms with Crippen molar-refractivity contribution in [3.05, 3.63) is 38.3 Å². The van der Waals surface area contributed by atoms with Crippen LogP contribution in [0.15, 0.2) is 15.7 Å². The van der Waals surface area contributed by atoms with Gasteiger partial charge in [-0.1, -0.05) is 13.8 Å². The van der Waals surface area contributed by atoms with Gasteiger partial charge in [-0.25, -0.2) is 9.48 Å². The van der Waals surface area contributed by atoms with Crippen molar-refractivity contribution in [2.24, 2.45) is 7.05 Å². The van der Waals surface area contributed by atoms with Gasteiger partial charge in [-0.05, 0) is 32.8 Å². The van der Waals surface area contributed by atoms with Gasteiger partial charge in [0, 0.05) is 19.3 Å². The summed E-state index contributed by atoms with van der Waals surface area (Å²) in [4.78, 5) is 41.6. The number of Topliss-reactive ketones (excluding diaryl/α,β-unsaturated/α-hetero) is 1. The molecule has 0 fully saturated rings. The number of nitrogens with zero attached hydrogens (tertiary/aromatic N) is 6. The van der Waals surface area contributed by atoms with Crippen molar-refractivity contribution in [2.75, 3.05) is 0 Å². The summed E-state index contributed by atoms with van der Waals surface area (Å²) in [6.07, 6.45) is 1.55. The van der Waals surface area contributed by atoms with Crippen LogP contribution < -0.4 is 11.2 Å². The van der Waals surface area contributed by atoms with E-state index >= 15 is 0 Å². The second kappa shape index (κ2) is 6.98. The number of imidazole rings is 1. The molecule has 0 unspecified atom stereocenters. The van der Waals surface area contributed by atoms with Gasteiger partial charge >= 0.3 is 5.69 Å². The molecule has 3 rings (SSSR count). The molecule has 0 aliphatic carbocycles. The lowest BCUT2D eigenvalue weighted by Gasteiger charge is -2.09. The van der Waals surface area contributed by atoms with Crippen molar-refractivity contribution < 1.29 is 4.79 Å².